The molecule has 0 bridgehead atoms. The average Bonchev–Trinajstić information content (AvgIpc) is 2.74. The maximum absolute atomic E-state index is 11.3. The van der Waals surface area contributed by atoms with Crippen LogP contribution in [0.3, 0.4) is 0 Å². The van der Waals surface area contributed by atoms with Crippen molar-refractivity contribution in [1.82, 2.24) is 9.47 Å². The highest BCUT2D eigenvalue weighted by atomic mass is 16.1. The Morgan fingerprint density at radius 3 is 2.53 bits per heavy atom. The fourth-order valence-corrected chi connectivity index (χ4v) is 2.20. The Morgan fingerprint density at radius 2 is 1.93 bits per heavy atom. The summed E-state index contributed by atoms with van der Waals surface area (Å²) in [6.45, 7) is 4.58. The van der Waals surface area contributed by atoms with Gasteiger partial charge in [-0.2, -0.15) is 0 Å². The fraction of sp³-hybridized carbons (Fsp3) is 0.583. The van der Waals surface area contributed by atoms with Gasteiger partial charge in [0.15, 0.2) is 0 Å². The highest BCUT2D eigenvalue weighted by molar-refractivity contribution is 5.14. The molecule has 0 N–H and O–H groups in total. The lowest BCUT2D eigenvalue weighted by Gasteiger charge is -2.24. The molecule has 1 unspecified atom stereocenters. The van der Waals surface area contributed by atoms with E-state index in [1.165, 1.54) is 31.5 Å². The zero-order valence-electron chi connectivity index (χ0n) is 9.44. The molecule has 3 heteroatoms. The quantitative estimate of drug-likeness (QED) is 0.733. The lowest BCUT2D eigenvalue weighted by molar-refractivity contribution is 0.262. The summed E-state index contributed by atoms with van der Waals surface area (Å²) in [5.41, 5.74) is 1.30. The van der Waals surface area contributed by atoms with Gasteiger partial charge in [0.1, 0.15) is 0 Å². The van der Waals surface area contributed by atoms with Crippen LogP contribution in [0.25, 0.3) is 0 Å². The molecule has 2 rings (SSSR count). The van der Waals surface area contributed by atoms with Gasteiger partial charge >= 0.3 is 0 Å². The zero-order chi connectivity index (χ0) is 10.8. The Hall–Kier alpha value is -1.09. The van der Waals surface area contributed by atoms with E-state index in [1.807, 2.05) is 19.3 Å². The van der Waals surface area contributed by atoms with E-state index < -0.39 is 0 Å². The molecule has 1 saturated heterocycles. The first-order valence-corrected chi connectivity index (χ1v) is 5.59. The highest BCUT2D eigenvalue weighted by Gasteiger charge is 2.19. The standard InChI is InChI=1S/C12H18N2O/c1-10(14-7-3-4-8-14)11-5-6-12(15)13(2)9-11/h5-6,9-10H,3-4,7-8H2,1-2H3. The SMILES string of the molecule is CC(c1ccc(=O)n(C)c1)N1CCCC1. The van der Waals surface area contributed by atoms with Crippen LogP contribution in [-0.2, 0) is 7.05 Å². The first-order valence-electron chi connectivity index (χ1n) is 5.59. The molecular formula is C12H18N2O. The molecule has 0 saturated carbocycles. The summed E-state index contributed by atoms with van der Waals surface area (Å²) >= 11 is 0. The Kier molecular flexibility index (Phi) is 2.91. The predicted molar refractivity (Wildman–Crippen MR) is 60.9 cm³/mol. The topological polar surface area (TPSA) is 25.2 Å². The van der Waals surface area contributed by atoms with Gasteiger partial charge in [0, 0.05) is 25.4 Å². The van der Waals surface area contributed by atoms with Gasteiger partial charge in [-0.05, 0) is 38.4 Å². The number of nitrogens with zero attached hydrogens (tertiary/aromatic N) is 2. The van der Waals surface area contributed by atoms with Crippen LogP contribution in [0.2, 0.25) is 0 Å². The van der Waals surface area contributed by atoms with E-state index in [0.29, 0.717) is 6.04 Å². The van der Waals surface area contributed by atoms with Crippen molar-refractivity contribution in [1.29, 1.82) is 0 Å². The third kappa shape index (κ3) is 2.12. The monoisotopic (exact) mass is 206 g/mol. The van der Waals surface area contributed by atoms with E-state index in [4.69, 9.17) is 0 Å². The Bertz CT molecular complexity index is 391. The molecule has 15 heavy (non-hydrogen) atoms. The third-order valence-corrected chi connectivity index (χ3v) is 3.28. The molecule has 1 atom stereocenters. The van der Waals surface area contributed by atoms with Crippen LogP contribution in [0.4, 0.5) is 0 Å². The van der Waals surface area contributed by atoms with Crippen LogP contribution in [0, 0.1) is 0 Å². The van der Waals surface area contributed by atoms with E-state index in [2.05, 4.69) is 11.8 Å². The van der Waals surface area contributed by atoms with Crippen molar-refractivity contribution in [3.05, 3.63) is 34.2 Å². The Labute approximate surface area is 90.3 Å². The lowest BCUT2D eigenvalue weighted by Crippen LogP contribution is -2.25. The molecular weight excluding hydrogens is 188 g/mol. The second kappa shape index (κ2) is 4.19. The maximum atomic E-state index is 11.3. The van der Waals surface area contributed by atoms with Gasteiger partial charge < -0.3 is 4.57 Å². The Morgan fingerprint density at radius 1 is 1.27 bits per heavy atom. The molecule has 1 fully saturated rings. The van der Waals surface area contributed by atoms with Crippen molar-refractivity contribution in [2.75, 3.05) is 13.1 Å². The first kappa shape index (κ1) is 10.4. The van der Waals surface area contributed by atoms with Crippen molar-refractivity contribution in [3.63, 3.8) is 0 Å². The van der Waals surface area contributed by atoms with E-state index in [-0.39, 0.29) is 5.56 Å². The largest absolute Gasteiger partial charge is 0.318 e. The normalized spacial score (nSPS) is 19.3. The molecule has 82 valence electrons. The van der Waals surface area contributed by atoms with Gasteiger partial charge in [-0.15, -0.1) is 0 Å². The molecule has 2 heterocycles. The van der Waals surface area contributed by atoms with E-state index in [0.717, 1.165) is 0 Å². The van der Waals surface area contributed by atoms with Gasteiger partial charge in [0.05, 0.1) is 0 Å². The van der Waals surface area contributed by atoms with Gasteiger partial charge in [0.2, 0.25) is 5.56 Å². The molecule has 3 nitrogen and oxygen atoms in total. The third-order valence-electron chi connectivity index (χ3n) is 3.28. The van der Waals surface area contributed by atoms with E-state index >= 15 is 0 Å². The lowest BCUT2D eigenvalue weighted by atomic mass is 10.1. The summed E-state index contributed by atoms with van der Waals surface area (Å²) in [5.74, 6) is 0. The maximum Gasteiger partial charge on any atom is 0.250 e. The highest BCUT2D eigenvalue weighted by Crippen LogP contribution is 2.23. The summed E-state index contributed by atoms with van der Waals surface area (Å²) in [4.78, 5) is 13.7. The minimum Gasteiger partial charge on any atom is -0.318 e. The number of pyridine rings is 1. The van der Waals surface area contributed by atoms with Crippen molar-refractivity contribution >= 4 is 0 Å². The van der Waals surface area contributed by atoms with Crippen LogP contribution in [0.15, 0.2) is 23.1 Å². The molecule has 1 aliphatic rings. The molecule has 1 aromatic heterocycles. The van der Waals surface area contributed by atoms with E-state index in [9.17, 15) is 4.79 Å². The summed E-state index contributed by atoms with van der Waals surface area (Å²) < 4.78 is 1.65. The minimum absolute atomic E-state index is 0.0624. The molecule has 0 aromatic carbocycles. The number of hydrogen-bond donors (Lipinski definition) is 0. The van der Waals surface area contributed by atoms with Crippen LogP contribution in [-0.4, -0.2) is 22.6 Å². The zero-order valence-corrected chi connectivity index (χ0v) is 9.44. The molecule has 0 aliphatic carbocycles. The van der Waals surface area contributed by atoms with Crippen molar-refractivity contribution in [2.45, 2.75) is 25.8 Å². The number of likely N-dealkylation sites (tertiary alicyclic amines) is 1. The summed E-state index contributed by atoms with van der Waals surface area (Å²) in [7, 11) is 1.81. The van der Waals surface area contributed by atoms with Gasteiger partial charge in [-0.3, -0.25) is 9.69 Å². The van der Waals surface area contributed by atoms with Crippen molar-refractivity contribution in [2.24, 2.45) is 7.05 Å². The van der Waals surface area contributed by atoms with Crippen LogP contribution < -0.4 is 5.56 Å². The predicted octanol–water partition coefficient (Wildman–Crippen LogP) is 1.54. The second-order valence-corrected chi connectivity index (χ2v) is 4.33. The second-order valence-electron chi connectivity index (χ2n) is 4.33. The van der Waals surface area contributed by atoms with Gasteiger partial charge in [-0.25, -0.2) is 0 Å². The van der Waals surface area contributed by atoms with Gasteiger partial charge in [0.25, 0.3) is 0 Å². The smallest absolute Gasteiger partial charge is 0.250 e. The summed E-state index contributed by atoms with van der Waals surface area (Å²) in [5, 5.41) is 0. The average molecular weight is 206 g/mol. The molecule has 1 aromatic rings. The first-order chi connectivity index (χ1) is 7.18. The molecule has 1 aliphatic heterocycles. The van der Waals surface area contributed by atoms with Gasteiger partial charge in [-0.1, -0.05) is 6.07 Å². The molecule has 0 spiro atoms. The minimum atomic E-state index is 0.0624. The number of aryl methyl sites for hydroxylation is 1. The number of hydrogen-bond acceptors (Lipinski definition) is 2. The van der Waals surface area contributed by atoms with Crippen molar-refractivity contribution < 1.29 is 0 Å². The Balaban J connectivity index is 2.21. The summed E-state index contributed by atoms with van der Waals surface area (Å²) in [6, 6.07) is 4.03. The van der Waals surface area contributed by atoms with Crippen LogP contribution >= 0.6 is 0 Å². The number of rotatable bonds is 2. The fourth-order valence-electron chi connectivity index (χ4n) is 2.20. The summed E-state index contributed by atoms with van der Waals surface area (Å²) in [6.07, 6.45) is 4.55. The molecule has 0 radical (unpaired) electrons. The van der Waals surface area contributed by atoms with Crippen molar-refractivity contribution in [3.8, 4) is 0 Å². The number of aromatic nitrogens is 1. The molecule has 0 amide bonds. The van der Waals surface area contributed by atoms with E-state index in [1.54, 1.807) is 10.6 Å². The van der Waals surface area contributed by atoms with Crippen LogP contribution in [0.1, 0.15) is 31.4 Å². The van der Waals surface area contributed by atoms with Crippen LogP contribution in [0.5, 0.6) is 0 Å².